The minimum absolute atomic E-state index is 0.297. The zero-order valence-corrected chi connectivity index (χ0v) is 10.8. The van der Waals surface area contributed by atoms with Crippen LogP contribution >= 0.6 is 0 Å². The third-order valence-electron chi connectivity index (χ3n) is 3.69. The van der Waals surface area contributed by atoms with E-state index < -0.39 is 5.95 Å². The molecule has 0 saturated heterocycles. The molecular formula is C16H17FN2. The Kier molecular flexibility index (Phi) is 3.45. The van der Waals surface area contributed by atoms with Crippen LogP contribution in [-0.2, 0) is 6.42 Å². The molecule has 19 heavy (non-hydrogen) atoms. The van der Waals surface area contributed by atoms with Gasteiger partial charge in [-0.2, -0.15) is 4.39 Å². The van der Waals surface area contributed by atoms with E-state index in [1.54, 1.807) is 12.3 Å². The minimum atomic E-state index is -0.438. The second-order valence-corrected chi connectivity index (χ2v) is 5.01. The normalized spacial score (nSPS) is 18.5. The van der Waals surface area contributed by atoms with Crippen molar-refractivity contribution in [2.45, 2.75) is 31.7 Å². The summed E-state index contributed by atoms with van der Waals surface area (Å²) in [7, 11) is 0. The van der Waals surface area contributed by atoms with Crippen molar-refractivity contribution in [1.82, 2.24) is 4.98 Å². The Morgan fingerprint density at radius 2 is 2.00 bits per heavy atom. The molecule has 0 amide bonds. The third-order valence-corrected chi connectivity index (χ3v) is 3.69. The highest BCUT2D eigenvalue weighted by atomic mass is 19.1. The zero-order valence-electron chi connectivity index (χ0n) is 10.8. The highest BCUT2D eigenvalue weighted by molar-refractivity contribution is 5.45. The number of rotatable bonds is 2. The fraction of sp³-hybridized carbons (Fsp3) is 0.312. The molecule has 0 bridgehead atoms. The van der Waals surface area contributed by atoms with E-state index in [4.69, 9.17) is 0 Å². The number of halogens is 1. The van der Waals surface area contributed by atoms with Gasteiger partial charge in [0.05, 0.1) is 17.9 Å². The van der Waals surface area contributed by atoms with Crippen molar-refractivity contribution in [2.24, 2.45) is 0 Å². The van der Waals surface area contributed by atoms with Gasteiger partial charge in [0.2, 0.25) is 5.95 Å². The topological polar surface area (TPSA) is 24.9 Å². The van der Waals surface area contributed by atoms with Gasteiger partial charge in [0.15, 0.2) is 0 Å². The molecule has 1 unspecified atom stereocenters. The zero-order chi connectivity index (χ0) is 13.1. The standard InChI is InChI=1S/C16H17FN2/c17-16-10-9-13(11-18-16)19-15-8-4-2-6-12-5-1-3-7-14(12)15/h1,3,5,7,9-11,15,19H,2,4,6,8H2. The van der Waals surface area contributed by atoms with Crippen molar-refractivity contribution >= 4 is 5.69 Å². The van der Waals surface area contributed by atoms with E-state index in [2.05, 4.69) is 34.6 Å². The first-order valence-corrected chi connectivity index (χ1v) is 6.79. The molecule has 0 saturated carbocycles. The van der Waals surface area contributed by atoms with Crippen LogP contribution in [0.3, 0.4) is 0 Å². The van der Waals surface area contributed by atoms with E-state index in [9.17, 15) is 4.39 Å². The molecule has 1 aromatic heterocycles. The molecule has 3 heteroatoms. The van der Waals surface area contributed by atoms with E-state index in [-0.39, 0.29) is 0 Å². The lowest BCUT2D eigenvalue weighted by Crippen LogP contribution is -2.11. The molecule has 0 fully saturated rings. The number of pyridine rings is 1. The molecule has 0 aliphatic heterocycles. The van der Waals surface area contributed by atoms with Gasteiger partial charge in [0.1, 0.15) is 0 Å². The van der Waals surface area contributed by atoms with Crippen molar-refractivity contribution < 1.29 is 4.39 Å². The number of benzene rings is 1. The maximum absolute atomic E-state index is 12.8. The number of nitrogens with zero attached hydrogens (tertiary/aromatic N) is 1. The van der Waals surface area contributed by atoms with Gasteiger partial charge in [-0.3, -0.25) is 0 Å². The maximum atomic E-state index is 12.8. The number of hydrogen-bond acceptors (Lipinski definition) is 2. The summed E-state index contributed by atoms with van der Waals surface area (Å²) < 4.78 is 12.8. The average Bonchev–Trinajstić information content (AvgIpc) is 2.64. The second-order valence-electron chi connectivity index (χ2n) is 5.01. The van der Waals surface area contributed by atoms with E-state index in [0.29, 0.717) is 6.04 Å². The molecule has 1 aliphatic rings. The van der Waals surface area contributed by atoms with E-state index >= 15 is 0 Å². The molecule has 1 heterocycles. The summed E-state index contributed by atoms with van der Waals surface area (Å²) in [5.41, 5.74) is 3.67. The fourth-order valence-corrected chi connectivity index (χ4v) is 2.73. The first kappa shape index (κ1) is 12.2. The van der Waals surface area contributed by atoms with Gasteiger partial charge in [0.25, 0.3) is 0 Å². The number of hydrogen-bond donors (Lipinski definition) is 1. The largest absolute Gasteiger partial charge is 0.377 e. The number of aromatic nitrogens is 1. The van der Waals surface area contributed by atoms with Crippen LogP contribution in [0.5, 0.6) is 0 Å². The molecular weight excluding hydrogens is 239 g/mol. The number of anilines is 1. The van der Waals surface area contributed by atoms with Crippen LogP contribution in [0, 0.1) is 5.95 Å². The Morgan fingerprint density at radius 1 is 1.11 bits per heavy atom. The SMILES string of the molecule is Fc1ccc(NC2CCCCc3ccccc32)cn1. The summed E-state index contributed by atoms with van der Waals surface area (Å²) in [5, 5.41) is 3.48. The Balaban J connectivity index is 1.86. The van der Waals surface area contributed by atoms with Crippen LogP contribution in [0.4, 0.5) is 10.1 Å². The molecule has 2 aromatic rings. The minimum Gasteiger partial charge on any atom is -0.377 e. The molecule has 98 valence electrons. The first-order chi connectivity index (χ1) is 9.33. The Hall–Kier alpha value is -1.90. The number of fused-ring (bicyclic) bond motifs is 1. The first-order valence-electron chi connectivity index (χ1n) is 6.79. The van der Waals surface area contributed by atoms with Crippen molar-refractivity contribution in [3.05, 3.63) is 59.7 Å². The van der Waals surface area contributed by atoms with E-state index in [1.165, 1.54) is 30.0 Å². The number of nitrogens with one attached hydrogen (secondary N) is 1. The summed E-state index contributed by atoms with van der Waals surface area (Å²) in [6, 6.07) is 12.0. The van der Waals surface area contributed by atoms with Crippen molar-refractivity contribution in [3.63, 3.8) is 0 Å². The van der Waals surface area contributed by atoms with Gasteiger partial charge in [-0.25, -0.2) is 4.98 Å². The third kappa shape index (κ3) is 2.75. The smallest absolute Gasteiger partial charge is 0.212 e. The lowest BCUT2D eigenvalue weighted by molar-refractivity contribution is 0.583. The Morgan fingerprint density at radius 3 is 2.84 bits per heavy atom. The molecule has 0 radical (unpaired) electrons. The van der Waals surface area contributed by atoms with Crippen molar-refractivity contribution in [1.29, 1.82) is 0 Å². The van der Waals surface area contributed by atoms with Crippen LogP contribution in [0.2, 0.25) is 0 Å². The van der Waals surface area contributed by atoms with Crippen molar-refractivity contribution in [2.75, 3.05) is 5.32 Å². The predicted molar refractivity (Wildman–Crippen MR) is 74.6 cm³/mol. The van der Waals surface area contributed by atoms with Gasteiger partial charge in [-0.1, -0.05) is 30.7 Å². The van der Waals surface area contributed by atoms with Crippen LogP contribution in [0.1, 0.15) is 36.4 Å². The number of aryl methyl sites for hydroxylation is 1. The van der Waals surface area contributed by atoms with Gasteiger partial charge in [-0.05, 0) is 42.5 Å². The molecule has 1 atom stereocenters. The van der Waals surface area contributed by atoms with Crippen molar-refractivity contribution in [3.8, 4) is 0 Å². The van der Waals surface area contributed by atoms with E-state index in [0.717, 1.165) is 18.5 Å². The monoisotopic (exact) mass is 256 g/mol. The van der Waals surface area contributed by atoms with Gasteiger partial charge in [0, 0.05) is 0 Å². The van der Waals surface area contributed by atoms with Gasteiger partial charge >= 0.3 is 0 Å². The van der Waals surface area contributed by atoms with E-state index in [1.807, 2.05) is 0 Å². The molecule has 1 N–H and O–H groups in total. The second kappa shape index (κ2) is 5.39. The van der Waals surface area contributed by atoms with Gasteiger partial charge in [-0.15, -0.1) is 0 Å². The molecule has 0 spiro atoms. The lowest BCUT2D eigenvalue weighted by Gasteiger charge is -2.20. The quantitative estimate of drug-likeness (QED) is 0.646. The summed E-state index contributed by atoms with van der Waals surface area (Å²) in [6.07, 6.45) is 6.26. The van der Waals surface area contributed by atoms with Crippen LogP contribution in [-0.4, -0.2) is 4.98 Å². The predicted octanol–water partition coefficient (Wildman–Crippen LogP) is 4.10. The molecule has 2 nitrogen and oxygen atoms in total. The van der Waals surface area contributed by atoms with Crippen LogP contribution in [0.25, 0.3) is 0 Å². The lowest BCUT2D eigenvalue weighted by atomic mass is 9.99. The van der Waals surface area contributed by atoms with Gasteiger partial charge < -0.3 is 5.32 Å². The molecule has 1 aromatic carbocycles. The summed E-state index contributed by atoms with van der Waals surface area (Å²) in [5.74, 6) is -0.438. The average molecular weight is 256 g/mol. The summed E-state index contributed by atoms with van der Waals surface area (Å²) in [4.78, 5) is 3.69. The molecule has 3 rings (SSSR count). The highest BCUT2D eigenvalue weighted by Gasteiger charge is 2.17. The van der Waals surface area contributed by atoms with Crippen LogP contribution in [0.15, 0.2) is 42.6 Å². The highest BCUT2D eigenvalue weighted by Crippen LogP contribution is 2.31. The summed E-state index contributed by atoms with van der Waals surface area (Å²) in [6.45, 7) is 0. The maximum Gasteiger partial charge on any atom is 0.212 e. The summed E-state index contributed by atoms with van der Waals surface area (Å²) >= 11 is 0. The fourth-order valence-electron chi connectivity index (χ4n) is 2.73. The van der Waals surface area contributed by atoms with Crippen LogP contribution < -0.4 is 5.32 Å². The Labute approximate surface area is 112 Å². The Bertz CT molecular complexity index is 551. The molecule has 1 aliphatic carbocycles.